The van der Waals surface area contributed by atoms with E-state index in [1.54, 1.807) is 17.0 Å². The van der Waals surface area contributed by atoms with Crippen LogP contribution in [-0.2, 0) is 6.54 Å². The standard InChI is InChI=1S/C22H20FN3O2/c23-18-10-8-17(9-11-18)20-7-4-14-25(20)22(28)19-12-13-21(27)26(24-19)15-16-5-2-1-3-6-16/h1-3,5-6,8-13,20H,4,7,14-15H2. The highest BCUT2D eigenvalue weighted by atomic mass is 19.1. The first kappa shape index (κ1) is 18.1. The van der Waals surface area contributed by atoms with E-state index in [2.05, 4.69) is 5.10 Å². The number of carbonyl (C=O) groups is 1. The molecule has 1 aliphatic heterocycles. The van der Waals surface area contributed by atoms with Crippen LogP contribution in [0.5, 0.6) is 0 Å². The van der Waals surface area contributed by atoms with Crippen LogP contribution in [0.25, 0.3) is 0 Å². The summed E-state index contributed by atoms with van der Waals surface area (Å²) in [5, 5.41) is 4.31. The molecular weight excluding hydrogens is 357 g/mol. The van der Waals surface area contributed by atoms with E-state index in [-0.39, 0.29) is 29.0 Å². The van der Waals surface area contributed by atoms with Crippen molar-refractivity contribution in [1.29, 1.82) is 0 Å². The van der Waals surface area contributed by atoms with Crippen LogP contribution >= 0.6 is 0 Å². The first-order valence-corrected chi connectivity index (χ1v) is 9.30. The number of benzene rings is 2. The molecule has 142 valence electrons. The Hall–Kier alpha value is -3.28. The van der Waals surface area contributed by atoms with Crippen LogP contribution in [-0.4, -0.2) is 27.1 Å². The molecule has 0 bridgehead atoms. The van der Waals surface area contributed by atoms with Gasteiger partial charge in [0, 0.05) is 12.6 Å². The third kappa shape index (κ3) is 3.71. The predicted octanol–water partition coefficient (Wildman–Crippen LogP) is 3.41. The van der Waals surface area contributed by atoms with Gasteiger partial charge in [0.2, 0.25) is 0 Å². The van der Waals surface area contributed by atoms with Crippen molar-refractivity contribution in [3.05, 3.63) is 99.7 Å². The molecule has 6 heteroatoms. The van der Waals surface area contributed by atoms with E-state index in [4.69, 9.17) is 0 Å². The number of amides is 1. The van der Waals surface area contributed by atoms with E-state index in [1.165, 1.54) is 28.9 Å². The van der Waals surface area contributed by atoms with Gasteiger partial charge in [-0.3, -0.25) is 9.59 Å². The Kier molecular flexibility index (Phi) is 5.02. The molecule has 1 amide bonds. The lowest BCUT2D eigenvalue weighted by Gasteiger charge is -2.25. The number of halogens is 1. The summed E-state index contributed by atoms with van der Waals surface area (Å²) in [6, 6.07) is 18.5. The van der Waals surface area contributed by atoms with Gasteiger partial charge in [-0.25, -0.2) is 9.07 Å². The van der Waals surface area contributed by atoms with Crippen molar-refractivity contribution in [3.63, 3.8) is 0 Å². The zero-order valence-electron chi connectivity index (χ0n) is 15.3. The van der Waals surface area contributed by atoms with E-state index in [1.807, 2.05) is 30.3 Å². The van der Waals surface area contributed by atoms with Gasteiger partial charge in [0.15, 0.2) is 0 Å². The molecule has 1 unspecified atom stereocenters. The second kappa shape index (κ2) is 7.76. The Bertz CT molecular complexity index is 1030. The average Bonchev–Trinajstić information content (AvgIpc) is 3.20. The Morgan fingerprint density at radius 3 is 2.54 bits per heavy atom. The molecular formula is C22H20FN3O2. The van der Waals surface area contributed by atoms with E-state index in [0.29, 0.717) is 13.1 Å². The molecule has 2 aromatic carbocycles. The molecule has 0 radical (unpaired) electrons. The summed E-state index contributed by atoms with van der Waals surface area (Å²) in [5.74, 6) is -0.511. The maximum Gasteiger partial charge on any atom is 0.274 e. The molecule has 1 fully saturated rings. The van der Waals surface area contributed by atoms with Crippen LogP contribution in [0.1, 0.15) is 40.5 Å². The topological polar surface area (TPSA) is 55.2 Å². The molecule has 1 aromatic heterocycles. The van der Waals surface area contributed by atoms with Crippen molar-refractivity contribution in [3.8, 4) is 0 Å². The molecule has 5 nitrogen and oxygen atoms in total. The zero-order chi connectivity index (χ0) is 19.5. The predicted molar refractivity (Wildman–Crippen MR) is 103 cm³/mol. The Labute approximate surface area is 162 Å². The Balaban J connectivity index is 1.59. The monoisotopic (exact) mass is 377 g/mol. The molecule has 1 atom stereocenters. The van der Waals surface area contributed by atoms with E-state index >= 15 is 0 Å². The quantitative estimate of drug-likeness (QED) is 0.700. The minimum Gasteiger partial charge on any atom is -0.330 e. The fourth-order valence-electron chi connectivity index (χ4n) is 3.62. The summed E-state index contributed by atoms with van der Waals surface area (Å²) in [5.41, 5.74) is 1.83. The fourth-order valence-corrected chi connectivity index (χ4v) is 3.62. The lowest BCUT2D eigenvalue weighted by Crippen LogP contribution is -2.33. The van der Waals surface area contributed by atoms with Crippen molar-refractivity contribution in [2.45, 2.75) is 25.4 Å². The summed E-state index contributed by atoms with van der Waals surface area (Å²) in [7, 11) is 0. The first-order chi connectivity index (χ1) is 13.6. The van der Waals surface area contributed by atoms with E-state index in [9.17, 15) is 14.0 Å². The van der Waals surface area contributed by atoms with E-state index < -0.39 is 0 Å². The molecule has 1 aliphatic rings. The molecule has 4 rings (SSSR count). The summed E-state index contributed by atoms with van der Waals surface area (Å²) in [6.45, 7) is 0.919. The van der Waals surface area contributed by atoms with E-state index in [0.717, 1.165) is 24.0 Å². The van der Waals surface area contributed by atoms with Crippen molar-refractivity contribution in [2.75, 3.05) is 6.54 Å². The van der Waals surface area contributed by atoms with Crippen molar-refractivity contribution in [1.82, 2.24) is 14.7 Å². The zero-order valence-corrected chi connectivity index (χ0v) is 15.3. The minimum atomic E-state index is -0.297. The molecule has 0 spiro atoms. The largest absolute Gasteiger partial charge is 0.330 e. The minimum absolute atomic E-state index is 0.107. The molecule has 28 heavy (non-hydrogen) atoms. The maximum absolute atomic E-state index is 13.2. The SMILES string of the molecule is O=C(c1ccc(=O)n(Cc2ccccc2)n1)N1CCCC1c1ccc(F)cc1. The van der Waals surface area contributed by atoms with Gasteiger partial charge in [0.1, 0.15) is 11.5 Å². The van der Waals surface area contributed by atoms with Gasteiger partial charge < -0.3 is 4.90 Å². The number of likely N-dealkylation sites (tertiary alicyclic amines) is 1. The number of hydrogen-bond donors (Lipinski definition) is 0. The van der Waals surface area contributed by atoms with Crippen LogP contribution in [0.3, 0.4) is 0 Å². The van der Waals surface area contributed by atoms with Gasteiger partial charge in [0.25, 0.3) is 11.5 Å². The second-order valence-electron chi connectivity index (χ2n) is 6.91. The lowest BCUT2D eigenvalue weighted by atomic mass is 10.0. The van der Waals surface area contributed by atoms with Gasteiger partial charge in [-0.1, -0.05) is 42.5 Å². The highest BCUT2D eigenvalue weighted by molar-refractivity contribution is 5.92. The summed E-state index contributed by atoms with van der Waals surface area (Å²) in [6.07, 6.45) is 1.69. The van der Waals surface area contributed by atoms with Gasteiger partial charge >= 0.3 is 0 Å². The van der Waals surface area contributed by atoms with Crippen LogP contribution in [0, 0.1) is 5.82 Å². The number of hydrogen-bond acceptors (Lipinski definition) is 3. The van der Waals surface area contributed by atoms with Gasteiger partial charge in [-0.05, 0) is 42.2 Å². The summed E-state index contributed by atoms with van der Waals surface area (Å²) >= 11 is 0. The highest BCUT2D eigenvalue weighted by Crippen LogP contribution is 2.32. The second-order valence-corrected chi connectivity index (χ2v) is 6.91. The third-order valence-corrected chi connectivity index (χ3v) is 5.03. The lowest BCUT2D eigenvalue weighted by molar-refractivity contribution is 0.0727. The average molecular weight is 377 g/mol. The number of aromatic nitrogens is 2. The smallest absolute Gasteiger partial charge is 0.274 e. The summed E-state index contributed by atoms with van der Waals surface area (Å²) in [4.78, 5) is 27.0. The van der Waals surface area contributed by atoms with Crippen molar-refractivity contribution in [2.24, 2.45) is 0 Å². The van der Waals surface area contributed by atoms with Crippen molar-refractivity contribution >= 4 is 5.91 Å². The van der Waals surface area contributed by atoms with Crippen LogP contribution < -0.4 is 5.56 Å². The molecule has 1 saturated heterocycles. The number of carbonyl (C=O) groups excluding carboxylic acids is 1. The highest BCUT2D eigenvalue weighted by Gasteiger charge is 2.31. The molecule has 0 saturated carbocycles. The van der Waals surface area contributed by atoms with Crippen molar-refractivity contribution < 1.29 is 9.18 Å². The van der Waals surface area contributed by atoms with Gasteiger partial charge in [-0.15, -0.1) is 0 Å². The maximum atomic E-state index is 13.2. The fraction of sp³-hybridized carbons (Fsp3) is 0.227. The molecule has 0 aliphatic carbocycles. The Morgan fingerprint density at radius 2 is 1.79 bits per heavy atom. The normalized spacial score (nSPS) is 16.3. The van der Waals surface area contributed by atoms with Gasteiger partial charge in [0.05, 0.1) is 12.6 Å². The molecule has 0 N–H and O–H groups in total. The third-order valence-electron chi connectivity index (χ3n) is 5.03. The summed E-state index contributed by atoms with van der Waals surface area (Å²) < 4.78 is 14.5. The number of nitrogens with zero attached hydrogens (tertiary/aromatic N) is 3. The van der Waals surface area contributed by atoms with Gasteiger partial charge in [-0.2, -0.15) is 5.10 Å². The van der Waals surface area contributed by atoms with Crippen LogP contribution in [0.15, 0.2) is 71.5 Å². The molecule has 2 heterocycles. The molecule has 3 aromatic rings. The first-order valence-electron chi connectivity index (χ1n) is 9.30. The Morgan fingerprint density at radius 1 is 1.04 bits per heavy atom. The number of rotatable bonds is 4. The van der Waals surface area contributed by atoms with Crippen LogP contribution in [0.4, 0.5) is 4.39 Å². The van der Waals surface area contributed by atoms with Crippen LogP contribution in [0.2, 0.25) is 0 Å².